The second kappa shape index (κ2) is 9.26. The SMILES string of the molecule is CC(=O)Nc1cccc(Nc2ncnc(N3CCC(O)(c4ccc(C(F)(F)F)cc4)CC3)n2)c1. The molecule has 8 nitrogen and oxygen atoms in total. The van der Waals surface area contributed by atoms with E-state index in [1.54, 1.807) is 24.3 Å². The van der Waals surface area contributed by atoms with Gasteiger partial charge in [-0.05, 0) is 48.7 Å². The normalized spacial score (nSPS) is 15.6. The summed E-state index contributed by atoms with van der Waals surface area (Å²) < 4.78 is 38.5. The van der Waals surface area contributed by atoms with Crippen LogP contribution in [0.25, 0.3) is 0 Å². The number of anilines is 4. The van der Waals surface area contributed by atoms with Crippen molar-refractivity contribution in [3.05, 3.63) is 66.0 Å². The number of aliphatic hydroxyl groups is 1. The molecule has 0 aliphatic carbocycles. The molecule has 0 bridgehead atoms. The smallest absolute Gasteiger partial charge is 0.385 e. The van der Waals surface area contributed by atoms with E-state index in [0.29, 0.717) is 54.8 Å². The molecule has 0 saturated carbocycles. The van der Waals surface area contributed by atoms with Crippen molar-refractivity contribution in [2.24, 2.45) is 0 Å². The van der Waals surface area contributed by atoms with E-state index in [4.69, 9.17) is 0 Å². The topological polar surface area (TPSA) is 103 Å². The lowest BCUT2D eigenvalue weighted by molar-refractivity contribution is -0.137. The van der Waals surface area contributed by atoms with Crippen LogP contribution >= 0.6 is 0 Å². The molecule has 0 unspecified atom stereocenters. The Morgan fingerprint density at radius 3 is 2.38 bits per heavy atom. The van der Waals surface area contributed by atoms with Crippen LogP contribution in [0.4, 0.5) is 36.4 Å². The molecule has 3 aromatic rings. The molecule has 34 heavy (non-hydrogen) atoms. The minimum atomic E-state index is -4.42. The van der Waals surface area contributed by atoms with E-state index < -0.39 is 17.3 Å². The van der Waals surface area contributed by atoms with Crippen molar-refractivity contribution < 1.29 is 23.1 Å². The van der Waals surface area contributed by atoms with Gasteiger partial charge in [0.2, 0.25) is 17.8 Å². The Bertz CT molecular complexity index is 1160. The van der Waals surface area contributed by atoms with E-state index in [1.165, 1.54) is 25.4 Å². The summed E-state index contributed by atoms with van der Waals surface area (Å²) >= 11 is 0. The first kappa shape index (κ1) is 23.4. The highest BCUT2D eigenvalue weighted by Crippen LogP contribution is 2.36. The molecule has 178 valence electrons. The Morgan fingerprint density at radius 2 is 1.74 bits per heavy atom. The van der Waals surface area contributed by atoms with E-state index in [2.05, 4.69) is 25.6 Å². The second-order valence-corrected chi connectivity index (χ2v) is 8.09. The van der Waals surface area contributed by atoms with Crippen LogP contribution in [0.3, 0.4) is 0 Å². The van der Waals surface area contributed by atoms with Gasteiger partial charge in [0.1, 0.15) is 6.33 Å². The summed E-state index contributed by atoms with van der Waals surface area (Å²) in [5.41, 5.74) is -0.204. The van der Waals surface area contributed by atoms with E-state index in [9.17, 15) is 23.1 Å². The second-order valence-electron chi connectivity index (χ2n) is 8.09. The van der Waals surface area contributed by atoms with Crippen molar-refractivity contribution in [1.82, 2.24) is 15.0 Å². The molecule has 1 aromatic heterocycles. The minimum Gasteiger partial charge on any atom is -0.385 e. The van der Waals surface area contributed by atoms with Gasteiger partial charge in [-0.2, -0.15) is 18.2 Å². The molecule has 11 heteroatoms. The molecule has 1 saturated heterocycles. The molecule has 3 N–H and O–H groups in total. The van der Waals surface area contributed by atoms with Gasteiger partial charge in [0, 0.05) is 31.4 Å². The number of carbonyl (C=O) groups excluding carboxylic acids is 1. The quantitative estimate of drug-likeness (QED) is 0.514. The van der Waals surface area contributed by atoms with Crippen LogP contribution in [0.2, 0.25) is 0 Å². The number of piperidine rings is 1. The summed E-state index contributed by atoms with van der Waals surface area (Å²) in [5.74, 6) is 0.555. The first-order valence-corrected chi connectivity index (χ1v) is 10.6. The van der Waals surface area contributed by atoms with Crippen LogP contribution in [0.1, 0.15) is 30.9 Å². The zero-order valence-electron chi connectivity index (χ0n) is 18.3. The standard InChI is InChI=1S/C23H23F3N6O2/c1-15(33)29-18-3-2-4-19(13-18)30-20-27-14-28-21(31-20)32-11-9-22(34,10-12-32)16-5-7-17(8-6-16)23(24,25)26/h2-8,13-14,34H,9-12H2,1H3,(H,29,33)(H,27,28,30,31). The number of halogens is 3. The van der Waals surface area contributed by atoms with Gasteiger partial charge in [-0.15, -0.1) is 0 Å². The summed E-state index contributed by atoms with van der Waals surface area (Å²) in [6.07, 6.45) is -2.42. The van der Waals surface area contributed by atoms with Crippen molar-refractivity contribution >= 4 is 29.2 Å². The maximum atomic E-state index is 12.8. The Labute approximate surface area is 193 Å². The molecule has 0 radical (unpaired) electrons. The van der Waals surface area contributed by atoms with E-state index >= 15 is 0 Å². The van der Waals surface area contributed by atoms with Crippen molar-refractivity contribution in [1.29, 1.82) is 0 Å². The number of carbonyl (C=O) groups is 1. The summed E-state index contributed by atoms with van der Waals surface area (Å²) in [4.78, 5) is 25.9. The zero-order valence-corrected chi connectivity index (χ0v) is 18.3. The molecule has 2 aromatic carbocycles. The first-order chi connectivity index (χ1) is 16.1. The highest BCUT2D eigenvalue weighted by atomic mass is 19.4. The number of nitrogens with one attached hydrogen (secondary N) is 2. The van der Waals surface area contributed by atoms with Crippen LogP contribution in [0, 0.1) is 0 Å². The van der Waals surface area contributed by atoms with Gasteiger partial charge in [0.15, 0.2) is 0 Å². The summed E-state index contributed by atoms with van der Waals surface area (Å²) in [6, 6.07) is 11.7. The summed E-state index contributed by atoms with van der Waals surface area (Å²) in [7, 11) is 0. The van der Waals surface area contributed by atoms with Crippen LogP contribution < -0.4 is 15.5 Å². The number of benzene rings is 2. The third-order valence-electron chi connectivity index (χ3n) is 5.62. The van der Waals surface area contributed by atoms with Gasteiger partial charge in [0.25, 0.3) is 0 Å². The molecular weight excluding hydrogens is 449 g/mol. The number of amides is 1. The molecule has 2 heterocycles. The first-order valence-electron chi connectivity index (χ1n) is 10.6. The van der Waals surface area contributed by atoms with Gasteiger partial charge < -0.3 is 20.6 Å². The van der Waals surface area contributed by atoms with E-state index in [-0.39, 0.29) is 5.91 Å². The fourth-order valence-corrected chi connectivity index (χ4v) is 3.84. The van der Waals surface area contributed by atoms with Crippen molar-refractivity contribution in [3.63, 3.8) is 0 Å². The molecule has 1 amide bonds. The highest BCUT2D eigenvalue weighted by molar-refractivity contribution is 5.89. The molecule has 1 fully saturated rings. The average molecular weight is 472 g/mol. The lowest BCUT2D eigenvalue weighted by atomic mass is 9.84. The van der Waals surface area contributed by atoms with Gasteiger partial charge in [-0.25, -0.2) is 9.97 Å². The van der Waals surface area contributed by atoms with Crippen LogP contribution in [-0.4, -0.2) is 39.1 Å². The van der Waals surface area contributed by atoms with Gasteiger partial charge in [-0.3, -0.25) is 4.79 Å². The number of alkyl halides is 3. The fourth-order valence-electron chi connectivity index (χ4n) is 3.84. The largest absolute Gasteiger partial charge is 0.416 e. The lowest BCUT2D eigenvalue weighted by Gasteiger charge is -2.38. The number of hydrogen-bond acceptors (Lipinski definition) is 7. The maximum Gasteiger partial charge on any atom is 0.416 e. The molecular formula is C23H23F3N6O2. The van der Waals surface area contributed by atoms with Crippen LogP contribution in [0.15, 0.2) is 54.9 Å². The third kappa shape index (κ3) is 5.42. The van der Waals surface area contributed by atoms with Crippen molar-refractivity contribution in [2.45, 2.75) is 31.5 Å². The molecule has 4 rings (SSSR count). The minimum absolute atomic E-state index is 0.180. The van der Waals surface area contributed by atoms with E-state index in [1.807, 2.05) is 4.90 Å². The van der Waals surface area contributed by atoms with Crippen LogP contribution in [-0.2, 0) is 16.6 Å². The van der Waals surface area contributed by atoms with Crippen molar-refractivity contribution in [3.8, 4) is 0 Å². The number of hydrogen-bond donors (Lipinski definition) is 3. The monoisotopic (exact) mass is 472 g/mol. The third-order valence-corrected chi connectivity index (χ3v) is 5.62. The fraction of sp³-hybridized carbons (Fsp3) is 0.304. The Kier molecular flexibility index (Phi) is 6.38. The molecule has 0 spiro atoms. The maximum absolute atomic E-state index is 12.8. The van der Waals surface area contributed by atoms with Gasteiger partial charge in [0.05, 0.1) is 11.2 Å². The number of aromatic nitrogens is 3. The van der Waals surface area contributed by atoms with E-state index in [0.717, 1.165) is 12.1 Å². The van der Waals surface area contributed by atoms with Gasteiger partial charge >= 0.3 is 6.18 Å². The molecule has 1 aliphatic heterocycles. The number of rotatable bonds is 5. The van der Waals surface area contributed by atoms with Gasteiger partial charge in [-0.1, -0.05) is 18.2 Å². The lowest BCUT2D eigenvalue weighted by Crippen LogP contribution is -2.43. The summed E-state index contributed by atoms with van der Waals surface area (Å²) in [5, 5.41) is 16.8. The Morgan fingerprint density at radius 1 is 1.06 bits per heavy atom. The van der Waals surface area contributed by atoms with Crippen molar-refractivity contribution in [2.75, 3.05) is 28.6 Å². The van der Waals surface area contributed by atoms with Crippen LogP contribution in [0.5, 0.6) is 0 Å². The predicted molar refractivity (Wildman–Crippen MR) is 121 cm³/mol. The average Bonchev–Trinajstić information content (AvgIpc) is 2.79. The molecule has 1 aliphatic rings. The summed E-state index contributed by atoms with van der Waals surface area (Å²) in [6.45, 7) is 2.26. The zero-order chi connectivity index (χ0) is 24.3. The molecule has 0 atom stereocenters. The predicted octanol–water partition coefficient (Wildman–Crippen LogP) is 4.08. The Balaban J connectivity index is 1.42. The number of nitrogens with zero attached hydrogens (tertiary/aromatic N) is 4. The Hall–Kier alpha value is -3.73. The highest BCUT2D eigenvalue weighted by Gasteiger charge is 2.36.